The summed E-state index contributed by atoms with van der Waals surface area (Å²) < 4.78 is 38.5. The number of alkyl halides is 3. The molecule has 3 N–H and O–H groups in total. The van der Waals surface area contributed by atoms with Crippen LogP contribution in [0.15, 0.2) is 90.3 Å². The standard InChI is InChI=1S/C22H18F3N3O2/c23-22(24,25)21(30)27-17-12-7-13-28(14-15-8-3-1-4-9-15)20(26)18(17)19(29)16-10-5-2-6-11-16/h1-13,26,29H,14H2,(H,27,30). The zero-order chi connectivity index (χ0) is 21.7. The predicted molar refractivity (Wildman–Crippen MR) is 107 cm³/mol. The Labute approximate surface area is 171 Å². The first kappa shape index (κ1) is 20.9. The summed E-state index contributed by atoms with van der Waals surface area (Å²) in [6.45, 7) is 0.246. The molecule has 0 atom stereocenters. The average Bonchev–Trinajstić information content (AvgIpc) is 2.87. The molecule has 8 heteroatoms. The molecule has 1 amide bonds. The van der Waals surface area contributed by atoms with Gasteiger partial charge in [0.15, 0.2) is 0 Å². The molecule has 0 fully saturated rings. The fourth-order valence-corrected chi connectivity index (χ4v) is 2.86. The lowest BCUT2D eigenvalue weighted by atomic mass is 10.0. The first-order valence-corrected chi connectivity index (χ1v) is 8.92. The summed E-state index contributed by atoms with van der Waals surface area (Å²) in [5, 5.41) is 21.2. The smallest absolute Gasteiger partial charge is 0.471 e. The number of nitrogens with zero attached hydrogens (tertiary/aromatic N) is 1. The van der Waals surface area contributed by atoms with Crippen molar-refractivity contribution in [3.05, 3.63) is 101 Å². The maximum absolute atomic E-state index is 12.8. The van der Waals surface area contributed by atoms with Crippen LogP contribution in [0.2, 0.25) is 0 Å². The van der Waals surface area contributed by atoms with Crippen LogP contribution in [-0.2, 0) is 11.3 Å². The van der Waals surface area contributed by atoms with Gasteiger partial charge >= 0.3 is 12.1 Å². The Morgan fingerprint density at radius 3 is 2.23 bits per heavy atom. The van der Waals surface area contributed by atoms with Crippen LogP contribution in [-0.4, -0.2) is 27.9 Å². The van der Waals surface area contributed by atoms with Crippen LogP contribution in [0, 0.1) is 5.41 Å². The number of nitrogens with one attached hydrogen (secondary N) is 2. The molecule has 1 aliphatic rings. The van der Waals surface area contributed by atoms with Crippen molar-refractivity contribution in [2.24, 2.45) is 0 Å². The van der Waals surface area contributed by atoms with Crippen molar-refractivity contribution in [2.45, 2.75) is 12.7 Å². The van der Waals surface area contributed by atoms with E-state index in [-0.39, 0.29) is 23.7 Å². The highest BCUT2D eigenvalue weighted by Crippen LogP contribution is 2.27. The fourth-order valence-electron chi connectivity index (χ4n) is 2.86. The quantitative estimate of drug-likeness (QED) is 0.645. The van der Waals surface area contributed by atoms with Crippen LogP contribution in [0.4, 0.5) is 13.2 Å². The van der Waals surface area contributed by atoms with Gasteiger partial charge in [-0.15, -0.1) is 0 Å². The number of aliphatic hydroxyl groups excluding tert-OH is 1. The third kappa shape index (κ3) is 4.78. The molecule has 30 heavy (non-hydrogen) atoms. The van der Waals surface area contributed by atoms with Crippen molar-refractivity contribution < 1.29 is 23.1 Å². The molecule has 0 saturated heterocycles. The van der Waals surface area contributed by atoms with Crippen molar-refractivity contribution in [3.63, 3.8) is 0 Å². The monoisotopic (exact) mass is 413 g/mol. The second kappa shape index (κ2) is 8.69. The highest BCUT2D eigenvalue weighted by atomic mass is 19.4. The topological polar surface area (TPSA) is 76.4 Å². The number of benzene rings is 2. The van der Waals surface area contributed by atoms with Gasteiger partial charge in [0.1, 0.15) is 11.6 Å². The summed E-state index contributed by atoms with van der Waals surface area (Å²) in [6.07, 6.45) is -0.983. The number of carbonyl (C=O) groups is 1. The Balaban J connectivity index is 2.03. The lowest BCUT2D eigenvalue weighted by Gasteiger charge is -2.24. The van der Waals surface area contributed by atoms with E-state index in [1.54, 1.807) is 35.6 Å². The average molecular weight is 413 g/mol. The highest BCUT2D eigenvalue weighted by molar-refractivity contribution is 6.07. The van der Waals surface area contributed by atoms with E-state index in [9.17, 15) is 23.1 Å². The van der Waals surface area contributed by atoms with E-state index >= 15 is 0 Å². The summed E-state index contributed by atoms with van der Waals surface area (Å²) in [5.41, 5.74) is 0.606. The number of allylic oxidation sites excluding steroid dienone is 2. The second-order valence-electron chi connectivity index (χ2n) is 6.43. The van der Waals surface area contributed by atoms with Gasteiger partial charge in [-0.2, -0.15) is 13.2 Å². The van der Waals surface area contributed by atoms with E-state index in [4.69, 9.17) is 5.41 Å². The summed E-state index contributed by atoms with van der Waals surface area (Å²) in [4.78, 5) is 13.0. The summed E-state index contributed by atoms with van der Waals surface area (Å²) in [5.74, 6) is -2.87. The van der Waals surface area contributed by atoms with Crippen LogP contribution >= 0.6 is 0 Å². The molecule has 0 spiro atoms. The van der Waals surface area contributed by atoms with E-state index < -0.39 is 17.8 Å². The van der Waals surface area contributed by atoms with Crippen LogP contribution in [0.25, 0.3) is 5.76 Å². The van der Waals surface area contributed by atoms with Crippen LogP contribution in [0.1, 0.15) is 11.1 Å². The van der Waals surface area contributed by atoms with E-state index in [0.717, 1.165) is 5.56 Å². The zero-order valence-corrected chi connectivity index (χ0v) is 15.6. The minimum absolute atomic E-state index is 0.222. The summed E-state index contributed by atoms with van der Waals surface area (Å²) in [7, 11) is 0. The van der Waals surface area contributed by atoms with Gasteiger partial charge in [0.25, 0.3) is 0 Å². The first-order valence-electron chi connectivity index (χ1n) is 8.92. The number of aliphatic hydroxyl groups is 1. The van der Waals surface area contributed by atoms with Gasteiger partial charge < -0.3 is 15.3 Å². The third-order valence-corrected chi connectivity index (χ3v) is 4.31. The van der Waals surface area contributed by atoms with Crippen molar-refractivity contribution in [1.29, 1.82) is 5.41 Å². The molecule has 0 aromatic heterocycles. The number of halogens is 3. The maximum Gasteiger partial charge on any atom is 0.471 e. The molecule has 5 nitrogen and oxygen atoms in total. The predicted octanol–water partition coefficient (Wildman–Crippen LogP) is 4.52. The molecular formula is C22H18F3N3O2. The van der Waals surface area contributed by atoms with Crippen LogP contribution < -0.4 is 5.32 Å². The largest absolute Gasteiger partial charge is 0.506 e. The Kier molecular flexibility index (Phi) is 6.06. The third-order valence-electron chi connectivity index (χ3n) is 4.31. The molecule has 0 radical (unpaired) electrons. The Hall–Kier alpha value is -3.81. The van der Waals surface area contributed by atoms with Crippen molar-refractivity contribution in [3.8, 4) is 0 Å². The molecule has 0 unspecified atom stereocenters. The second-order valence-corrected chi connectivity index (χ2v) is 6.43. The number of rotatable bonds is 4. The maximum atomic E-state index is 12.8. The molecule has 0 aliphatic carbocycles. The Bertz CT molecular complexity index is 1030. The molecule has 1 aliphatic heterocycles. The Morgan fingerprint density at radius 1 is 1.03 bits per heavy atom. The molecular weight excluding hydrogens is 395 g/mol. The number of hydrogen-bond donors (Lipinski definition) is 3. The first-order chi connectivity index (χ1) is 14.3. The highest BCUT2D eigenvalue weighted by Gasteiger charge is 2.40. The van der Waals surface area contributed by atoms with Crippen molar-refractivity contribution in [2.75, 3.05) is 0 Å². The van der Waals surface area contributed by atoms with Gasteiger partial charge in [-0.3, -0.25) is 10.2 Å². The van der Waals surface area contributed by atoms with E-state index in [2.05, 4.69) is 0 Å². The van der Waals surface area contributed by atoms with Gasteiger partial charge in [-0.05, 0) is 17.7 Å². The normalized spacial score (nSPS) is 16.0. The molecule has 0 bridgehead atoms. The van der Waals surface area contributed by atoms with Gasteiger partial charge in [-0.1, -0.05) is 60.7 Å². The number of hydrogen-bond acceptors (Lipinski definition) is 3. The molecule has 3 rings (SSSR count). The van der Waals surface area contributed by atoms with E-state index in [1.165, 1.54) is 23.3 Å². The number of carbonyl (C=O) groups excluding carboxylic acids is 1. The molecule has 2 aromatic rings. The lowest BCUT2D eigenvalue weighted by Crippen LogP contribution is -2.38. The van der Waals surface area contributed by atoms with Crippen molar-refractivity contribution >= 4 is 17.5 Å². The van der Waals surface area contributed by atoms with E-state index in [1.807, 2.05) is 30.3 Å². The van der Waals surface area contributed by atoms with Gasteiger partial charge in [0.05, 0.1) is 11.3 Å². The SMILES string of the molecule is N=C1C(=C(O)c2ccccc2)C(NC(=O)C(F)(F)F)=CC=CN1Cc1ccccc1. The lowest BCUT2D eigenvalue weighted by molar-refractivity contribution is -0.172. The molecule has 154 valence electrons. The molecule has 2 aromatic carbocycles. The number of amidine groups is 1. The van der Waals surface area contributed by atoms with Gasteiger partial charge in [0.2, 0.25) is 0 Å². The summed E-state index contributed by atoms with van der Waals surface area (Å²) in [6, 6.07) is 17.3. The van der Waals surface area contributed by atoms with Crippen LogP contribution in [0.3, 0.4) is 0 Å². The Morgan fingerprint density at radius 2 is 1.63 bits per heavy atom. The van der Waals surface area contributed by atoms with Crippen molar-refractivity contribution in [1.82, 2.24) is 10.2 Å². The number of amides is 1. The van der Waals surface area contributed by atoms with Gasteiger partial charge in [-0.25, -0.2) is 0 Å². The molecule has 1 heterocycles. The van der Waals surface area contributed by atoms with Crippen LogP contribution in [0.5, 0.6) is 0 Å². The van der Waals surface area contributed by atoms with E-state index in [0.29, 0.717) is 5.56 Å². The van der Waals surface area contributed by atoms with Gasteiger partial charge in [0, 0.05) is 18.3 Å². The summed E-state index contributed by atoms with van der Waals surface area (Å²) >= 11 is 0. The minimum atomic E-state index is -5.11. The zero-order valence-electron chi connectivity index (χ0n) is 15.6. The minimum Gasteiger partial charge on any atom is -0.506 e. The fraction of sp³-hybridized carbons (Fsp3) is 0.0909. The molecule has 0 saturated carbocycles.